The fraction of sp³-hybridized carbons (Fsp3) is 0.286. The first kappa shape index (κ1) is 20.1. The van der Waals surface area contributed by atoms with Gasteiger partial charge in [0.15, 0.2) is 6.10 Å². The minimum Gasteiger partial charge on any atom is -0.480 e. The first-order valence-corrected chi connectivity index (χ1v) is 9.86. The van der Waals surface area contributed by atoms with Crippen molar-refractivity contribution in [2.45, 2.75) is 39.8 Å². The number of hydrogen-bond acceptors (Lipinski definition) is 5. The zero-order valence-corrected chi connectivity index (χ0v) is 17.6. The number of hydrogen-bond donors (Lipinski definition) is 1. The van der Waals surface area contributed by atoms with Crippen molar-refractivity contribution in [3.63, 3.8) is 0 Å². The van der Waals surface area contributed by atoms with Gasteiger partial charge < -0.3 is 14.6 Å². The van der Waals surface area contributed by atoms with Crippen molar-refractivity contribution in [1.29, 1.82) is 0 Å². The van der Waals surface area contributed by atoms with Crippen LogP contribution in [0.15, 0.2) is 51.5 Å². The molecule has 0 fully saturated rings. The zero-order chi connectivity index (χ0) is 20.1. The van der Waals surface area contributed by atoms with Crippen LogP contribution in [0.4, 0.5) is 0 Å². The van der Waals surface area contributed by atoms with Gasteiger partial charge in [-0.3, -0.25) is 4.79 Å². The van der Waals surface area contributed by atoms with Crippen LogP contribution in [-0.4, -0.2) is 22.2 Å². The molecular weight excluding hydrogens is 422 g/mol. The van der Waals surface area contributed by atoms with E-state index in [-0.39, 0.29) is 12.5 Å². The highest BCUT2D eigenvalue weighted by Crippen LogP contribution is 2.23. The highest BCUT2D eigenvalue weighted by atomic mass is 79.9. The lowest BCUT2D eigenvalue weighted by molar-refractivity contribution is -0.128. The van der Waals surface area contributed by atoms with Crippen LogP contribution in [0.3, 0.4) is 0 Å². The summed E-state index contributed by atoms with van der Waals surface area (Å²) >= 11 is 3.42. The van der Waals surface area contributed by atoms with E-state index in [0.717, 1.165) is 26.9 Å². The Bertz CT molecular complexity index is 971. The molecule has 28 heavy (non-hydrogen) atoms. The van der Waals surface area contributed by atoms with Crippen LogP contribution in [0, 0.1) is 13.8 Å². The molecular formula is C21H22BrN3O3. The van der Waals surface area contributed by atoms with E-state index in [0.29, 0.717) is 18.1 Å². The number of nitrogens with zero attached hydrogens (tertiary/aromatic N) is 2. The molecule has 6 nitrogen and oxygen atoms in total. The monoisotopic (exact) mass is 443 g/mol. The molecule has 1 heterocycles. The van der Waals surface area contributed by atoms with Gasteiger partial charge in [0.25, 0.3) is 5.91 Å². The number of ether oxygens (including phenoxy) is 1. The Labute approximate surface area is 172 Å². The predicted octanol–water partition coefficient (Wildman–Crippen LogP) is 4.59. The topological polar surface area (TPSA) is 77.2 Å². The Morgan fingerprint density at radius 1 is 1.25 bits per heavy atom. The Balaban J connectivity index is 1.62. The van der Waals surface area contributed by atoms with Gasteiger partial charge in [-0.25, -0.2) is 0 Å². The van der Waals surface area contributed by atoms with Gasteiger partial charge in [-0.1, -0.05) is 52.3 Å². The lowest BCUT2D eigenvalue weighted by Crippen LogP contribution is -2.37. The van der Waals surface area contributed by atoms with Crippen molar-refractivity contribution in [3.05, 3.63) is 64.0 Å². The molecule has 0 saturated carbocycles. The summed E-state index contributed by atoms with van der Waals surface area (Å²) in [6, 6.07) is 13.4. The summed E-state index contributed by atoms with van der Waals surface area (Å²) in [6.45, 7) is 6.05. The van der Waals surface area contributed by atoms with E-state index in [9.17, 15) is 4.79 Å². The molecule has 146 valence electrons. The fourth-order valence-corrected chi connectivity index (χ4v) is 3.07. The van der Waals surface area contributed by atoms with Gasteiger partial charge in [0, 0.05) is 10.0 Å². The maximum absolute atomic E-state index is 12.5. The van der Waals surface area contributed by atoms with Crippen LogP contribution in [0.5, 0.6) is 5.75 Å². The van der Waals surface area contributed by atoms with E-state index in [1.165, 1.54) is 0 Å². The molecule has 0 aliphatic heterocycles. The first-order valence-electron chi connectivity index (χ1n) is 9.07. The number of aryl methyl sites for hydroxylation is 1. The Morgan fingerprint density at radius 3 is 2.79 bits per heavy atom. The second-order valence-corrected chi connectivity index (χ2v) is 7.37. The third-order valence-corrected chi connectivity index (χ3v) is 4.95. The Morgan fingerprint density at radius 2 is 2.04 bits per heavy atom. The molecule has 1 amide bonds. The van der Waals surface area contributed by atoms with Crippen LogP contribution < -0.4 is 10.1 Å². The van der Waals surface area contributed by atoms with E-state index in [2.05, 4.69) is 31.4 Å². The maximum Gasteiger partial charge on any atom is 0.261 e. The second kappa shape index (κ2) is 9.01. The number of amides is 1. The largest absolute Gasteiger partial charge is 0.480 e. The van der Waals surface area contributed by atoms with Crippen LogP contribution in [-0.2, 0) is 11.3 Å². The van der Waals surface area contributed by atoms with E-state index < -0.39 is 6.10 Å². The molecule has 2 aromatic carbocycles. The molecule has 1 atom stereocenters. The zero-order valence-electron chi connectivity index (χ0n) is 16.0. The molecule has 1 N–H and O–H groups in total. The highest BCUT2D eigenvalue weighted by molar-refractivity contribution is 9.10. The molecule has 7 heteroatoms. The second-order valence-electron chi connectivity index (χ2n) is 6.45. The molecule has 1 aromatic heterocycles. The molecule has 0 bridgehead atoms. The number of carbonyl (C=O) groups is 1. The number of nitrogens with one attached hydrogen (secondary N) is 1. The highest BCUT2D eigenvalue weighted by Gasteiger charge is 2.20. The van der Waals surface area contributed by atoms with Gasteiger partial charge in [-0.2, -0.15) is 4.98 Å². The number of aromatic nitrogens is 2. The Kier molecular flexibility index (Phi) is 6.46. The quantitative estimate of drug-likeness (QED) is 0.577. The lowest BCUT2D eigenvalue weighted by atomic mass is 10.1. The normalized spacial score (nSPS) is 11.9. The Hall–Kier alpha value is -2.67. The smallest absolute Gasteiger partial charge is 0.261 e. The van der Waals surface area contributed by atoms with Gasteiger partial charge in [-0.15, -0.1) is 0 Å². The number of benzene rings is 2. The van der Waals surface area contributed by atoms with Gasteiger partial charge in [0.05, 0.1) is 6.54 Å². The third-order valence-electron chi connectivity index (χ3n) is 4.45. The predicted molar refractivity (Wildman–Crippen MR) is 110 cm³/mol. The summed E-state index contributed by atoms with van der Waals surface area (Å²) in [7, 11) is 0. The molecule has 0 spiro atoms. The molecule has 1 unspecified atom stereocenters. The third kappa shape index (κ3) is 4.78. The maximum atomic E-state index is 12.5. The first-order chi connectivity index (χ1) is 13.5. The van der Waals surface area contributed by atoms with Crippen LogP contribution >= 0.6 is 15.9 Å². The summed E-state index contributed by atoms with van der Waals surface area (Å²) < 4.78 is 12.1. The van der Waals surface area contributed by atoms with E-state index in [1.807, 2.05) is 63.2 Å². The van der Waals surface area contributed by atoms with Gasteiger partial charge in [0.2, 0.25) is 11.7 Å². The van der Waals surface area contributed by atoms with Gasteiger partial charge >= 0.3 is 0 Å². The van der Waals surface area contributed by atoms with Crippen molar-refractivity contribution in [1.82, 2.24) is 15.5 Å². The van der Waals surface area contributed by atoms with Crippen molar-refractivity contribution >= 4 is 21.8 Å². The average molecular weight is 444 g/mol. The molecule has 3 aromatic rings. The van der Waals surface area contributed by atoms with Crippen LogP contribution in [0.2, 0.25) is 0 Å². The van der Waals surface area contributed by atoms with Crippen LogP contribution in [0.1, 0.15) is 30.4 Å². The summed E-state index contributed by atoms with van der Waals surface area (Å²) in [4.78, 5) is 16.9. The lowest BCUT2D eigenvalue weighted by Gasteiger charge is -2.18. The summed E-state index contributed by atoms with van der Waals surface area (Å²) in [5, 5.41) is 6.78. The molecule has 0 saturated heterocycles. The van der Waals surface area contributed by atoms with Crippen molar-refractivity contribution < 1.29 is 14.1 Å². The number of halogens is 1. The van der Waals surface area contributed by atoms with Crippen LogP contribution in [0.25, 0.3) is 11.4 Å². The van der Waals surface area contributed by atoms with E-state index >= 15 is 0 Å². The molecule has 0 radical (unpaired) electrons. The summed E-state index contributed by atoms with van der Waals surface area (Å²) in [5.41, 5.74) is 2.99. The minimum atomic E-state index is -0.590. The van der Waals surface area contributed by atoms with E-state index in [1.54, 1.807) is 0 Å². The molecule has 3 rings (SSSR count). The standard InChI is InChI=1S/C21H22BrN3O3/c1-4-17(27-18-10-5-7-13(2)14(18)3)21(26)23-12-19-24-20(25-28-19)15-8-6-9-16(22)11-15/h5-11,17H,4,12H2,1-3H3,(H,23,26). The molecule has 0 aliphatic carbocycles. The number of carbonyl (C=O) groups excluding carboxylic acids is 1. The minimum absolute atomic E-state index is 0.145. The van der Waals surface area contributed by atoms with Crippen molar-refractivity contribution in [3.8, 4) is 17.1 Å². The van der Waals surface area contributed by atoms with E-state index in [4.69, 9.17) is 9.26 Å². The molecule has 0 aliphatic rings. The van der Waals surface area contributed by atoms with Crippen molar-refractivity contribution in [2.24, 2.45) is 0 Å². The van der Waals surface area contributed by atoms with Gasteiger partial charge in [0.1, 0.15) is 5.75 Å². The summed E-state index contributed by atoms with van der Waals surface area (Å²) in [6.07, 6.45) is -0.0419. The SMILES string of the molecule is CCC(Oc1cccc(C)c1C)C(=O)NCc1nc(-c2cccc(Br)c2)no1. The fourth-order valence-electron chi connectivity index (χ4n) is 2.68. The van der Waals surface area contributed by atoms with Gasteiger partial charge in [-0.05, 0) is 49.6 Å². The summed E-state index contributed by atoms with van der Waals surface area (Å²) in [5.74, 6) is 1.32. The van der Waals surface area contributed by atoms with Crippen molar-refractivity contribution in [2.75, 3.05) is 0 Å². The average Bonchev–Trinajstić information content (AvgIpc) is 3.16. The number of rotatable bonds is 7.